The fourth-order valence-corrected chi connectivity index (χ4v) is 3.14. The number of nitrogens with one attached hydrogen (secondary N) is 1. The Labute approximate surface area is 102 Å². The molecule has 88 valence electrons. The molecule has 0 fully saturated rings. The maximum Gasteiger partial charge on any atom is 0.143 e. The lowest BCUT2D eigenvalue weighted by atomic mass is 10.0. The monoisotopic (exact) mass is 251 g/mol. The van der Waals surface area contributed by atoms with Crippen molar-refractivity contribution in [3.8, 4) is 0 Å². The number of fused-ring (bicyclic) bond motifs is 1. The van der Waals surface area contributed by atoms with Crippen LogP contribution in [0.15, 0.2) is 23.6 Å². The van der Waals surface area contributed by atoms with Crippen LogP contribution in [0.4, 0.5) is 8.78 Å². The summed E-state index contributed by atoms with van der Waals surface area (Å²) in [5, 5.41) is 5.86. The normalized spacial score (nSPS) is 16.2. The number of thiophene rings is 1. The Morgan fingerprint density at radius 3 is 2.88 bits per heavy atom. The fourth-order valence-electron chi connectivity index (χ4n) is 2.16. The highest BCUT2D eigenvalue weighted by molar-refractivity contribution is 7.17. The summed E-state index contributed by atoms with van der Waals surface area (Å²) in [6, 6.07) is 2.36. The molecule has 0 bridgehead atoms. The molecule has 1 aliphatic rings. The van der Waals surface area contributed by atoms with Crippen LogP contribution in [0.1, 0.15) is 12.0 Å². The van der Waals surface area contributed by atoms with Crippen LogP contribution in [0, 0.1) is 11.6 Å². The van der Waals surface area contributed by atoms with E-state index in [1.165, 1.54) is 17.4 Å². The lowest BCUT2D eigenvalue weighted by Gasteiger charge is -2.13. The summed E-state index contributed by atoms with van der Waals surface area (Å²) in [5.74, 6) is -0.986. The van der Waals surface area contributed by atoms with E-state index in [1.807, 2.05) is 5.38 Å². The molecule has 1 aromatic heterocycles. The van der Waals surface area contributed by atoms with Crippen LogP contribution in [0.2, 0.25) is 0 Å². The summed E-state index contributed by atoms with van der Waals surface area (Å²) in [4.78, 5) is 0. The highest BCUT2D eigenvalue weighted by atomic mass is 32.1. The summed E-state index contributed by atoms with van der Waals surface area (Å²) in [6.07, 6.45) is 3.10. The van der Waals surface area contributed by atoms with Gasteiger partial charge < -0.3 is 5.32 Å². The van der Waals surface area contributed by atoms with Gasteiger partial charge in [-0.2, -0.15) is 0 Å². The Morgan fingerprint density at radius 1 is 1.24 bits per heavy atom. The predicted molar refractivity (Wildman–Crippen MR) is 67.2 cm³/mol. The van der Waals surface area contributed by atoms with Crippen LogP contribution in [0.5, 0.6) is 0 Å². The third kappa shape index (κ3) is 1.87. The lowest BCUT2D eigenvalue weighted by molar-refractivity contribution is 0.593. The average Bonchev–Trinajstić information content (AvgIpc) is 2.74. The van der Waals surface area contributed by atoms with E-state index in [9.17, 15) is 8.78 Å². The van der Waals surface area contributed by atoms with Gasteiger partial charge in [-0.3, -0.25) is 0 Å². The SMILES string of the molecule is Fc1cc(F)c2scc(C3=CCCNC3)c2c1. The quantitative estimate of drug-likeness (QED) is 0.817. The van der Waals surface area contributed by atoms with Gasteiger partial charge in [-0.25, -0.2) is 8.78 Å². The smallest absolute Gasteiger partial charge is 0.143 e. The molecule has 0 radical (unpaired) electrons. The predicted octanol–water partition coefficient (Wildman–Crippen LogP) is 3.56. The number of halogens is 2. The summed E-state index contributed by atoms with van der Waals surface area (Å²) in [5.41, 5.74) is 2.09. The molecular formula is C13H11F2NS. The first-order chi connectivity index (χ1) is 8.25. The second kappa shape index (κ2) is 4.20. The molecule has 2 heterocycles. The first kappa shape index (κ1) is 10.9. The van der Waals surface area contributed by atoms with Gasteiger partial charge in [0.1, 0.15) is 11.6 Å². The molecule has 3 rings (SSSR count). The van der Waals surface area contributed by atoms with Crippen molar-refractivity contribution in [2.45, 2.75) is 6.42 Å². The Balaban J connectivity index is 2.20. The first-order valence-corrected chi connectivity index (χ1v) is 6.40. The van der Waals surface area contributed by atoms with E-state index in [4.69, 9.17) is 0 Å². The van der Waals surface area contributed by atoms with Crippen LogP contribution in [0.3, 0.4) is 0 Å². The molecule has 0 saturated carbocycles. The summed E-state index contributed by atoms with van der Waals surface area (Å²) < 4.78 is 27.3. The van der Waals surface area contributed by atoms with Crippen molar-refractivity contribution in [1.29, 1.82) is 0 Å². The molecule has 4 heteroatoms. The van der Waals surface area contributed by atoms with E-state index >= 15 is 0 Å². The van der Waals surface area contributed by atoms with E-state index in [2.05, 4.69) is 11.4 Å². The molecule has 1 N–H and O–H groups in total. The zero-order chi connectivity index (χ0) is 11.8. The molecule has 0 spiro atoms. The van der Waals surface area contributed by atoms with Crippen molar-refractivity contribution < 1.29 is 8.78 Å². The van der Waals surface area contributed by atoms with Gasteiger partial charge in [0, 0.05) is 18.0 Å². The minimum Gasteiger partial charge on any atom is -0.312 e. The Morgan fingerprint density at radius 2 is 2.12 bits per heavy atom. The van der Waals surface area contributed by atoms with E-state index < -0.39 is 11.6 Å². The zero-order valence-corrected chi connectivity index (χ0v) is 9.91. The largest absolute Gasteiger partial charge is 0.312 e. The van der Waals surface area contributed by atoms with Crippen LogP contribution in [0.25, 0.3) is 15.7 Å². The van der Waals surface area contributed by atoms with Gasteiger partial charge >= 0.3 is 0 Å². The fraction of sp³-hybridized carbons (Fsp3) is 0.231. The molecule has 1 aliphatic heterocycles. The van der Waals surface area contributed by atoms with Gasteiger partial charge in [-0.15, -0.1) is 11.3 Å². The minimum atomic E-state index is -0.515. The van der Waals surface area contributed by atoms with Gasteiger partial charge in [0.15, 0.2) is 0 Å². The maximum atomic E-state index is 13.6. The van der Waals surface area contributed by atoms with Gasteiger partial charge in [-0.05, 0) is 35.5 Å². The molecule has 0 amide bonds. The molecule has 1 nitrogen and oxygen atoms in total. The summed E-state index contributed by atoms with van der Waals surface area (Å²) in [7, 11) is 0. The molecule has 0 aliphatic carbocycles. The minimum absolute atomic E-state index is 0.472. The maximum absolute atomic E-state index is 13.6. The van der Waals surface area contributed by atoms with Crippen molar-refractivity contribution in [2.75, 3.05) is 13.1 Å². The Bertz CT molecular complexity index is 601. The standard InChI is InChI=1S/C13H11F2NS/c14-9-4-10-11(8-2-1-3-16-6-8)7-17-13(10)12(15)5-9/h2,4-5,7,16H,1,3,6H2. The number of rotatable bonds is 1. The van der Waals surface area contributed by atoms with Crippen LogP contribution in [-0.4, -0.2) is 13.1 Å². The van der Waals surface area contributed by atoms with Crippen molar-refractivity contribution in [3.05, 3.63) is 40.8 Å². The van der Waals surface area contributed by atoms with Crippen LogP contribution >= 0.6 is 11.3 Å². The molecule has 0 unspecified atom stereocenters. The first-order valence-electron chi connectivity index (χ1n) is 5.52. The summed E-state index contributed by atoms with van der Waals surface area (Å²) in [6.45, 7) is 1.73. The molecular weight excluding hydrogens is 240 g/mol. The third-order valence-corrected chi connectivity index (χ3v) is 3.97. The van der Waals surface area contributed by atoms with Crippen molar-refractivity contribution in [1.82, 2.24) is 5.32 Å². The lowest BCUT2D eigenvalue weighted by Crippen LogP contribution is -2.21. The van der Waals surface area contributed by atoms with E-state index in [0.29, 0.717) is 10.1 Å². The van der Waals surface area contributed by atoms with Gasteiger partial charge in [0.2, 0.25) is 0 Å². The molecule has 17 heavy (non-hydrogen) atoms. The molecule has 1 aromatic carbocycles. The topological polar surface area (TPSA) is 12.0 Å². The van der Waals surface area contributed by atoms with E-state index in [1.54, 1.807) is 0 Å². The molecule has 0 atom stereocenters. The average molecular weight is 251 g/mol. The van der Waals surface area contributed by atoms with Gasteiger partial charge in [0.05, 0.1) is 4.70 Å². The number of hydrogen-bond donors (Lipinski definition) is 1. The van der Waals surface area contributed by atoms with Crippen molar-refractivity contribution in [3.63, 3.8) is 0 Å². The molecule has 0 saturated heterocycles. The Hall–Kier alpha value is -1.26. The van der Waals surface area contributed by atoms with Crippen LogP contribution in [-0.2, 0) is 0 Å². The van der Waals surface area contributed by atoms with Gasteiger partial charge in [0.25, 0.3) is 0 Å². The second-order valence-corrected chi connectivity index (χ2v) is 4.99. The van der Waals surface area contributed by atoms with Crippen molar-refractivity contribution >= 4 is 27.0 Å². The van der Waals surface area contributed by atoms with Crippen LogP contribution < -0.4 is 5.32 Å². The van der Waals surface area contributed by atoms with Crippen molar-refractivity contribution in [2.24, 2.45) is 0 Å². The number of benzene rings is 1. The number of hydrogen-bond acceptors (Lipinski definition) is 2. The van der Waals surface area contributed by atoms with E-state index in [0.717, 1.165) is 36.7 Å². The van der Waals surface area contributed by atoms with E-state index in [-0.39, 0.29) is 0 Å². The zero-order valence-electron chi connectivity index (χ0n) is 9.09. The Kier molecular flexibility index (Phi) is 2.68. The summed E-state index contributed by atoms with van der Waals surface area (Å²) >= 11 is 1.33. The third-order valence-electron chi connectivity index (χ3n) is 2.97. The molecule has 2 aromatic rings. The highest BCUT2D eigenvalue weighted by Crippen LogP contribution is 2.33. The highest BCUT2D eigenvalue weighted by Gasteiger charge is 2.14. The second-order valence-electron chi connectivity index (χ2n) is 4.11. The van der Waals surface area contributed by atoms with Gasteiger partial charge in [-0.1, -0.05) is 6.08 Å².